The van der Waals surface area contributed by atoms with E-state index in [9.17, 15) is 9.59 Å². The predicted molar refractivity (Wildman–Crippen MR) is 150 cm³/mol. The number of amides is 2. The minimum atomic E-state index is -0.439. The number of rotatable bonds is 7. The largest absolute Gasteiger partial charge is 0.497 e. The number of nitrogens with zero attached hydrogens (tertiary/aromatic N) is 1. The summed E-state index contributed by atoms with van der Waals surface area (Å²) in [4.78, 5) is 27.3. The molecule has 0 radical (unpaired) electrons. The van der Waals surface area contributed by atoms with Gasteiger partial charge in [0, 0.05) is 5.56 Å². The molecule has 1 heterocycles. The summed E-state index contributed by atoms with van der Waals surface area (Å²) in [5, 5.41) is 0.959. The van der Waals surface area contributed by atoms with Crippen LogP contribution >= 0.6 is 11.8 Å². The smallest absolute Gasteiger partial charge is 0.280 e. The first-order valence-electron chi connectivity index (χ1n) is 12.0. The molecular formula is C31H26N2O4S. The lowest BCUT2D eigenvalue weighted by molar-refractivity contribution is -0.128. The first-order chi connectivity index (χ1) is 18.6. The molecule has 1 fully saturated rings. The summed E-state index contributed by atoms with van der Waals surface area (Å²) < 4.78 is 10.5. The van der Waals surface area contributed by atoms with Crippen molar-refractivity contribution in [2.75, 3.05) is 14.2 Å². The van der Waals surface area contributed by atoms with Crippen LogP contribution in [0.2, 0.25) is 0 Å². The molecule has 6 nitrogen and oxygen atoms in total. The Balaban J connectivity index is 1.41. The van der Waals surface area contributed by atoms with Crippen molar-refractivity contribution in [2.24, 2.45) is 0 Å². The van der Waals surface area contributed by atoms with Gasteiger partial charge in [-0.05, 0) is 64.7 Å². The highest BCUT2D eigenvalue weighted by Gasteiger charge is 2.38. The van der Waals surface area contributed by atoms with Crippen molar-refractivity contribution in [3.63, 3.8) is 0 Å². The van der Waals surface area contributed by atoms with Crippen LogP contribution in [0, 0.1) is 0 Å². The van der Waals surface area contributed by atoms with Crippen LogP contribution in [0.5, 0.6) is 11.5 Å². The van der Waals surface area contributed by atoms with Crippen LogP contribution in [0.3, 0.4) is 0 Å². The molecule has 0 spiro atoms. The number of thioether (sulfide) groups is 1. The zero-order valence-electron chi connectivity index (χ0n) is 21.0. The van der Waals surface area contributed by atoms with Crippen LogP contribution in [-0.2, 0) is 4.79 Å². The lowest BCUT2D eigenvalue weighted by Gasteiger charge is -2.24. The number of carbonyl (C=O) groups is 2. The van der Waals surface area contributed by atoms with Gasteiger partial charge < -0.3 is 9.47 Å². The average Bonchev–Trinajstić information content (AvgIpc) is 3.28. The molecule has 4 aromatic carbocycles. The second-order valence-corrected chi connectivity index (χ2v) is 9.71. The van der Waals surface area contributed by atoms with Crippen LogP contribution in [0.15, 0.2) is 108 Å². The Morgan fingerprint density at radius 3 is 1.97 bits per heavy atom. The van der Waals surface area contributed by atoms with Gasteiger partial charge in [-0.25, -0.2) is 5.01 Å². The van der Waals surface area contributed by atoms with Gasteiger partial charge in [0.25, 0.3) is 11.8 Å². The Labute approximate surface area is 225 Å². The minimum absolute atomic E-state index is 0.277. The van der Waals surface area contributed by atoms with E-state index >= 15 is 0 Å². The van der Waals surface area contributed by atoms with E-state index in [0.717, 1.165) is 28.0 Å². The van der Waals surface area contributed by atoms with E-state index in [-0.39, 0.29) is 11.8 Å². The standard InChI is InChI=1S/C31H26N2O4S/c1-36-26-16-8-21(9-17-26)20-28-30(35)33(31(38-28)25-14-18-27(37-2)19-15-25)32-29(34)24-12-10-23(11-13-24)22-6-4-3-5-7-22/h3-20,31H,1-2H3,(H,32,34)/b28-20-. The Kier molecular flexibility index (Phi) is 7.47. The van der Waals surface area contributed by atoms with E-state index in [4.69, 9.17) is 9.47 Å². The second kappa shape index (κ2) is 11.3. The van der Waals surface area contributed by atoms with Crippen molar-refractivity contribution < 1.29 is 19.1 Å². The molecule has 5 rings (SSSR count). The van der Waals surface area contributed by atoms with Gasteiger partial charge in [0.05, 0.1) is 19.1 Å². The monoisotopic (exact) mass is 522 g/mol. The molecule has 38 heavy (non-hydrogen) atoms. The van der Waals surface area contributed by atoms with Gasteiger partial charge in [-0.2, -0.15) is 0 Å². The molecule has 1 N–H and O–H groups in total. The first-order valence-corrected chi connectivity index (χ1v) is 12.9. The van der Waals surface area contributed by atoms with Gasteiger partial charge in [-0.3, -0.25) is 15.0 Å². The topological polar surface area (TPSA) is 67.9 Å². The first kappa shape index (κ1) is 25.2. The molecule has 0 aliphatic carbocycles. The van der Waals surface area contributed by atoms with E-state index in [0.29, 0.717) is 16.2 Å². The summed E-state index contributed by atoms with van der Waals surface area (Å²) in [6, 6.07) is 32.2. The number of benzene rings is 4. The van der Waals surface area contributed by atoms with Crippen molar-refractivity contribution in [3.8, 4) is 22.6 Å². The van der Waals surface area contributed by atoms with Crippen LogP contribution in [0.4, 0.5) is 0 Å². The summed E-state index contributed by atoms with van der Waals surface area (Å²) in [6.45, 7) is 0. The highest BCUT2D eigenvalue weighted by molar-refractivity contribution is 8.04. The molecule has 0 saturated carbocycles. The maximum Gasteiger partial charge on any atom is 0.280 e. The number of hydrogen-bond donors (Lipinski definition) is 1. The molecule has 7 heteroatoms. The van der Waals surface area contributed by atoms with Crippen molar-refractivity contribution in [3.05, 3.63) is 125 Å². The Morgan fingerprint density at radius 1 is 0.789 bits per heavy atom. The Bertz CT molecular complexity index is 1450. The van der Waals surface area contributed by atoms with Gasteiger partial charge in [0.2, 0.25) is 0 Å². The number of methoxy groups -OCH3 is 2. The molecule has 0 aromatic heterocycles. The minimum Gasteiger partial charge on any atom is -0.497 e. The molecular weight excluding hydrogens is 496 g/mol. The van der Waals surface area contributed by atoms with Crippen LogP contribution in [0.1, 0.15) is 26.9 Å². The van der Waals surface area contributed by atoms with Crippen LogP contribution < -0.4 is 14.9 Å². The molecule has 0 bridgehead atoms. The van der Waals surface area contributed by atoms with E-state index < -0.39 is 5.37 Å². The van der Waals surface area contributed by atoms with Gasteiger partial charge in [0.15, 0.2) is 0 Å². The van der Waals surface area contributed by atoms with Gasteiger partial charge in [-0.1, -0.05) is 78.5 Å². The van der Waals surface area contributed by atoms with Crippen molar-refractivity contribution in [2.45, 2.75) is 5.37 Å². The fourth-order valence-corrected chi connectivity index (χ4v) is 5.30. The SMILES string of the molecule is COc1ccc(/C=C2\SC(c3ccc(OC)cc3)N(NC(=O)c3ccc(-c4ccccc4)cc3)C2=O)cc1. The molecule has 1 unspecified atom stereocenters. The fourth-order valence-electron chi connectivity index (χ4n) is 4.11. The average molecular weight is 523 g/mol. The lowest BCUT2D eigenvalue weighted by atomic mass is 10.0. The van der Waals surface area contributed by atoms with E-state index in [2.05, 4.69) is 5.43 Å². The van der Waals surface area contributed by atoms with Crippen LogP contribution in [0.25, 0.3) is 17.2 Å². The quantitative estimate of drug-likeness (QED) is 0.287. The Morgan fingerprint density at radius 2 is 1.37 bits per heavy atom. The molecule has 1 aliphatic heterocycles. The number of nitrogens with one attached hydrogen (secondary N) is 1. The molecule has 190 valence electrons. The van der Waals surface area contributed by atoms with Gasteiger partial charge >= 0.3 is 0 Å². The number of hydrazine groups is 1. The summed E-state index contributed by atoms with van der Waals surface area (Å²) in [5.74, 6) is 0.815. The van der Waals surface area contributed by atoms with Crippen molar-refractivity contribution >= 4 is 29.7 Å². The second-order valence-electron chi connectivity index (χ2n) is 8.58. The van der Waals surface area contributed by atoms with Crippen molar-refractivity contribution in [1.29, 1.82) is 0 Å². The fraction of sp³-hybridized carbons (Fsp3) is 0.0968. The van der Waals surface area contributed by atoms with Gasteiger partial charge in [0.1, 0.15) is 16.9 Å². The van der Waals surface area contributed by atoms with Crippen molar-refractivity contribution in [1.82, 2.24) is 10.4 Å². The molecule has 1 aliphatic rings. The zero-order chi connectivity index (χ0) is 26.5. The highest BCUT2D eigenvalue weighted by Crippen LogP contribution is 2.45. The van der Waals surface area contributed by atoms with E-state index in [1.165, 1.54) is 16.8 Å². The third-order valence-electron chi connectivity index (χ3n) is 6.19. The maximum atomic E-state index is 13.5. The highest BCUT2D eigenvalue weighted by atomic mass is 32.2. The summed E-state index contributed by atoms with van der Waals surface area (Å²) >= 11 is 1.39. The number of hydrogen-bond acceptors (Lipinski definition) is 5. The maximum absolute atomic E-state index is 13.5. The Hall–Kier alpha value is -4.49. The zero-order valence-corrected chi connectivity index (χ0v) is 21.8. The summed E-state index contributed by atoms with van der Waals surface area (Å²) in [7, 11) is 3.22. The number of ether oxygens (including phenoxy) is 2. The van der Waals surface area contributed by atoms with E-state index in [1.807, 2.05) is 97.1 Å². The third-order valence-corrected chi connectivity index (χ3v) is 7.45. The molecule has 1 saturated heterocycles. The normalized spacial score (nSPS) is 15.9. The number of carbonyl (C=O) groups excluding carboxylic acids is 2. The lowest BCUT2D eigenvalue weighted by Crippen LogP contribution is -2.44. The molecule has 2 amide bonds. The molecule has 1 atom stereocenters. The third kappa shape index (κ3) is 5.43. The van der Waals surface area contributed by atoms with E-state index in [1.54, 1.807) is 26.4 Å². The molecule has 4 aromatic rings. The summed E-state index contributed by atoms with van der Waals surface area (Å²) in [6.07, 6.45) is 1.82. The van der Waals surface area contributed by atoms with Crippen LogP contribution in [-0.4, -0.2) is 31.0 Å². The summed E-state index contributed by atoms with van der Waals surface area (Å²) in [5.41, 5.74) is 7.11. The predicted octanol–water partition coefficient (Wildman–Crippen LogP) is 6.33. The van der Waals surface area contributed by atoms with Gasteiger partial charge in [-0.15, -0.1) is 0 Å².